The Labute approximate surface area is 235 Å². The molecule has 0 spiro atoms. The molecule has 2 aromatic heterocycles. The predicted octanol–water partition coefficient (Wildman–Crippen LogP) is 4.86. The Morgan fingerprint density at radius 3 is 2.35 bits per heavy atom. The van der Waals surface area contributed by atoms with Gasteiger partial charge >= 0.3 is 0 Å². The van der Waals surface area contributed by atoms with Crippen molar-refractivity contribution in [3.8, 4) is 22.8 Å². The summed E-state index contributed by atoms with van der Waals surface area (Å²) < 4.78 is 1.93. The Morgan fingerprint density at radius 2 is 1.73 bits per heavy atom. The summed E-state index contributed by atoms with van der Waals surface area (Å²) >= 11 is 0. The molecule has 2 heterocycles. The number of carbonyl (C=O) groups excluding carboxylic acids is 2. The number of rotatable bonds is 11. The number of aromatic hydroxyl groups is 1. The Morgan fingerprint density at radius 1 is 1.00 bits per heavy atom. The summed E-state index contributed by atoms with van der Waals surface area (Å²) in [5, 5.41) is 17.1. The van der Waals surface area contributed by atoms with Crippen LogP contribution in [0.1, 0.15) is 56.9 Å². The van der Waals surface area contributed by atoms with E-state index in [1.165, 1.54) is 17.7 Å². The topological polar surface area (TPSA) is 123 Å². The number of aromatic nitrogens is 3. The zero-order valence-corrected chi connectivity index (χ0v) is 23.3. The molecule has 0 aliphatic carbocycles. The molecule has 0 fully saturated rings. The van der Waals surface area contributed by atoms with Gasteiger partial charge in [-0.25, -0.2) is 4.68 Å². The van der Waals surface area contributed by atoms with E-state index in [0.29, 0.717) is 12.8 Å². The van der Waals surface area contributed by atoms with Crippen molar-refractivity contribution in [2.45, 2.75) is 64.3 Å². The molecular formula is C32H37N5O3. The van der Waals surface area contributed by atoms with Gasteiger partial charge in [0.1, 0.15) is 11.8 Å². The molecule has 8 nitrogen and oxygen atoms in total. The number of benzene rings is 2. The Bertz CT molecular complexity index is 1420. The van der Waals surface area contributed by atoms with E-state index < -0.39 is 11.9 Å². The molecule has 0 bridgehead atoms. The van der Waals surface area contributed by atoms with E-state index in [4.69, 9.17) is 10.8 Å². The number of hydrogen-bond donors (Lipinski definition) is 3. The summed E-state index contributed by atoms with van der Waals surface area (Å²) in [4.78, 5) is 29.0. The van der Waals surface area contributed by atoms with Crippen LogP contribution in [-0.4, -0.2) is 37.7 Å². The molecule has 1 atom stereocenters. The van der Waals surface area contributed by atoms with Gasteiger partial charge in [0.15, 0.2) is 0 Å². The molecule has 0 saturated heterocycles. The van der Waals surface area contributed by atoms with Gasteiger partial charge in [-0.3, -0.25) is 14.6 Å². The maximum absolute atomic E-state index is 12.6. The summed E-state index contributed by atoms with van der Waals surface area (Å²) in [5.41, 5.74) is 11.3. The van der Waals surface area contributed by atoms with Crippen LogP contribution in [0.3, 0.4) is 0 Å². The van der Waals surface area contributed by atoms with Crippen LogP contribution in [0.15, 0.2) is 79.0 Å². The quantitative estimate of drug-likeness (QED) is 0.235. The molecule has 0 aliphatic heterocycles. The third-order valence-electron chi connectivity index (χ3n) is 6.81. The van der Waals surface area contributed by atoms with E-state index >= 15 is 0 Å². The minimum Gasteiger partial charge on any atom is -0.508 e. The van der Waals surface area contributed by atoms with E-state index in [9.17, 15) is 14.7 Å². The Hall–Kier alpha value is -4.46. The third-order valence-corrected chi connectivity index (χ3v) is 6.81. The number of unbranched alkanes of at least 4 members (excludes halogenated alkanes) is 1. The lowest BCUT2D eigenvalue weighted by Crippen LogP contribution is -2.45. The maximum Gasteiger partial charge on any atom is 0.240 e. The summed E-state index contributed by atoms with van der Waals surface area (Å²) in [7, 11) is 0. The van der Waals surface area contributed by atoms with Crippen LogP contribution >= 0.6 is 0 Å². The van der Waals surface area contributed by atoms with Crippen LogP contribution < -0.4 is 11.1 Å². The molecule has 8 heteroatoms. The largest absolute Gasteiger partial charge is 0.508 e. The van der Waals surface area contributed by atoms with Gasteiger partial charge in [0.25, 0.3) is 0 Å². The predicted molar refractivity (Wildman–Crippen MR) is 156 cm³/mol. The Balaban J connectivity index is 1.38. The highest BCUT2D eigenvalue weighted by atomic mass is 16.3. The van der Waals surface area contributed by atoms with Crippen LogP contribution in [0.4, 0.5) is 0 Å². The van der Waals surface area contributed by atoms with Crippen molar-refractivity contribution < 1.29 is 14.7 Å². The summed E-state index contributed by atoms with van der Waals surface area (Å²) in [6, 6.07) is 22.0. The summed E-state index contributed by atoms with van der Waals surface area (Å²) in [5.74, 6) is -0.676. The molecule has 4 rings (SSSR count). The maximum atomic E-state index is 12.6. The second-order valence-electron chi connectivity index (χ2n) is 11.0. The van der Waals surface area contributed by atoms with Crippen molar-refractivity contribution in [2.24, 2.45) is 5.73 Å². The number of pyridine rings is 1. The number of aryl methyl sites for hydroxylation is 1. The van der Waals surface area contributed by atoms with Gasteiger partial charge in [0, 0.05) is 19.0 Å². The lowest BCUT2D eigenvalue weighted by Gasteiger charge is -2.19. The highest BCUT2D eigenvalue weighted by Gasteiger charge is 2.19. The highest BCUT2D eigenvalue weighted by molar-refractivity contribution is 5.86. The van der Waals surface area contributed by atoms with Gasteiger partial charge in [0.2, 0.25) is 11.8 Å². The molecule has 1 unspecified atom stereocenters. The van der Waals surface area contributed by atoms with E-state index in [1.807, 2.05) is 22.9 Å². The molecule has 4 aromatic rings. The zero-order chi connectivity index (χ0) is 28.7. The lowest BCUT2D eigenvalue weighted by molar-refractivity contribution is -0.127. The van der Waals surface area contributed by atoms with Gasteiger partial charge in [-0.05, 0) is 78.3 Å². The summed E-state index contributed by atoms with van der Waals surface area (Å²) in [6.07, 6.45) is 4.42. The number of nitrogens with zero attached hydrogens (tertiary/aromatic N) is 3. The number of amides is 2. The van der Waals surface area contributed by atoms with Gasteiger partial charge in [0.05, 0.1) is 22.8 Å². The summed E-state index contributed by atoms with van der Waals surface area (Å²) in [6.45, 7) is 6.58. The minimum atomic E-state index is -0.807. The molecule has 2 amide bonds. The van der Waals surface area contributed by atoms with E-state index in [2.05, 4.69) is 61.4 Å². The number of phenolic OH excluding ortho intramolecular Hbond substituents is 1. The van der Waals surface area contributed by atoms with Gasteiger partial charge in [-0.15, -0.1) is 0 Å². The van der Waals surface area contributed by atoms with Crippen molar-refractivity contribution in [3.63, 3.8) is 0 Å². The fourth-order valence-corrected chi connectivity index (χ4v) is 4.50. The third kappa shape index (κ3) is 7.56. The van der Waals surface area contributed by atoms with E-state index in [1.54, 1.807) is 18.3 Å². The standard InChI is InChI=1S/C32H37N5O3/c1-32(2,3)23-13-15-25(16-14-23)37-29(27-9-6-7-19-34-27)21-24(36-37)8-4-5-10-30(39)35-28(31(33)40)20-22-11-17-26(38)18-12-22/h6-7,9,11-19,21,28,38H,4-5,8,10,20H2,1-3H3,(H2,33,40)(H,35,39). The molecule has 0 radical (unpaired) electrons. The number of phenols is 1. The molecule has 40 heavy (non-hydrogen) atoms. The first-order valence-corrected chi connectivity index (χ1v) is 13.6. The molecule has 4 N–H and O–H groups in total. The number of carbonyl (C=O) groups is 2. The van der Waals surface area contributed by atoms with Crippen LogP contribution in [0, 0.1) is 0 Å². The normalized spacial score (nSPS) is 12.2. The highest BCUT2D eigenvalue weighted by Crippen LogP contribution is 2.26. The molecule has 0 aliphatic rings. The second-order valence-corrected chi connectivity index (χ2v) is 11.0. The first-order chi connectivity index (χ1) is 19.1. The van der Waals surface area contributed by atoms with Crippen molar-refractivity contribution in [1.82, 2.24) is 20.1 Å². The molecular weight excluding hydrogens is 502 g/mol. The average Bonchev–Trinajstić information content (AvgIpc) is 3.36. The van der Waals surface area contributed by atoms with Gasteiger partial charge < -0.3 is 16.2 Å². The van der Waals surface area contributed by atoms with Gasteiger partial charge in [-0.2, -0.15) is 5.10 Å². The molecule has 208 valence electrons. The fourth-order valence-electron chi connectivity index (χ4n) is 4.50. The number of nitrogens with one attached hydrogen (secondary N) is 1. The van der Waals surface area contributed by atoms with Crippen LogP contribution in [0.5, 0.6) is 5.75 Å². The van der Waals surface area contributed by atoms with Crippen LogP contribution in [-0.2, 0) is 27.8 Å². The number of hydrogen-bond acceptors (Lipinski definition) is 5. The van der Waals surface area contributed by atoms with Crippen molar-refractivity contribution in [1.29, 1.82) is 0 Å². The first-order valence-electron chi connectivity index (χ1n) is 13.6. The van der Waals surface area contributed by atoms with Crippen molar-refractivity contribution in [3.05, 3.63) is 95.8 Å². The molecule has 2 aromatic carbocycles. The van der Waals surface area contributed by atoms with Gasteiger partial charge in [-0.1, -0.05) is 51.1 Å². The number of nitrogens with two attached hydrogens (primary N) is 1. The van der Waals surface area contributed by atoms with Crippen molar-refractivity contribution >= 4 is 11.8 Å². The monoisotopic (exact) mass is 539 g/mol. The zero-order valence-electron chi connectivity index (χ0n) is 23.3. The molecule has 0 saturated carbocycles. The van der Waals surface area contributed by atoms with E-state index in [-0.39, 0.29) is 29.9 Å². The lowest BCUT2D eigenvalue weighted by atomic mass is 9.87. The minimum absolute atomic E-state index is 0.0624. The Kier molecular flexibility index (Phi) is 8.99. The van der Waals surface area contributed by atoms with Crippen molar-refractivity contribution in [2.75, 3.05) is 0 Å². The SMILES string of the molecule is CC(C)(C)c1ccc(-n2nc(CCCCC(=O)NC(Cc3ccc(O)cc3)C(N)=O)cc2-c2ccccn2)cc1. The first kappa shape index (κ1) is 28.5. The second kappa shape index (κ2) is 12.6. The van der Waals surface area contributed by atoms with Crippen LogP contribution in [0.25, 0.3) is 17.1 Å². The fraction of sp³-hybridized carbons (Fsp3) is 0.312. The smallest absolute Gasteiger partial charge is 0.240 e. The average molecular weight is 540 g/mol. The van der Waals surface area contributed by atoms with E-state index in [0.717, 1.165) is 34.8 Å². The number of primary amides is 1. The van der Waals surface area contributed by atoms with Crippen LogP contribution in [0.2, 0.25) is 0 Å².